The minimum atomic E-state index is -2.83. The average Bonchev–Trinajstić information content (AvgIpc) is 2.56. The van der Waals surface area contributed by atoms with Gasteiger partial charge in [-0.1, -0.05) is 12.1 Å². The number of rotatable bonds is 6. The number of nitrogens with zero attached hydrogens (tertiary/aromatic N) is 1. The van der Waals surface area contributed by atoms with Crippen LogP contribution in [-0.4, -0.2) is 30.8 Å². The summed E-state index contributed by atoms with van der Waals surface area (Å²) >= 11 is 5.35. The molecule has 128 valence electrons. The molecule has 2 rings (SSSR count). The SMILES string of the molecule is COc1cccc(CN(C)C(=S)Nc2ccc(OC(F)F)cc2)c1. The monoisotopic (exact) mass is 352 g/mol. The van der Waals surface area contributed by atoms with Gasteiger partial charge in [0.25, 0.3) is 0 Å². The molecule has 0 aromatic heterocycles. The number of benzene rings is 2. The van der Waals surface area contributed by atoms with E-state index >= 15 is 0 Å². The zero-order valence-corrected chi connectivity index (χ0v) is 14.1. The smallest absolute Gasteiger partial charge is 0.387 e. The van der Waals surface area contributed by atoms with Crippen LogP contribution in [0.5, 0.6) is 11.5 Å². The van der Waals surface area contributed by atoms with Crippen LogP contribution in [0, 0.1) is 0 Å². The van der Waals surface area contributed by atoms with E-state index < -0.39 is 6.61 Å². The van der Waals surface area contributed by atoms with Crippen molar-refractivity contribution in [1.29, 1.82) is 0 Å². The summed E-state index contributed by atoms with van der Waals surface area (Å²) in [6, 6.07) is 13.9. The molecule has 2 aromatic rings. The lowest BCUT2D eigenvalue weighted by Gasteiger charge is -2.21. The molecule has 0 aliphatic carbocycles. The molecule has 0 aliphatic rings. The second-order valence-corrected chi connectivity index (χ2v) is 5.43. The van der Waals surface area contributed by atoms with Gasteiger partial charge in [0.2, 0.25) is 0 Å². The highest BCUT2D eigenvalue weighted by atomic mass is 32.1. The van der Waals surface area contributed by atoms with E-state index in [0.29, 0.717) is 17.3 Å². The second-order valence-electron chi connectivity index (χ2n) is 5.04. The van der Waals surface area contributed by atoms with E-state index in [4.69, 9.17) is 17.0 Å². The zero-order chi connectivity index (χ0) is 17.5. The van der Waals surface area contributed by atoms with E-state index in [1.54, 1.807) is 19.2 Å². The van der Waals surface area contributed by atoms with Gasteiger partial charge in [-0.05, 0) is 54.2 Å². The molecule has 0 spiro atoms. The molecule has 1 N–H and O–H groups in total. The topological polar surface area (TPSA) is 33.7 Å². The predicted molar refractivity (Wildman–Crippen MR) is 93.8 cm³/mol. The Bertz CT molecular complexity index is 681. The van der Waals surface area contributed by atoms with Gasteiger partial charge in [-0.3, -0.25) is 0 Å². The van der Waals surface area contributed by atoms with Crippen LogP contribution in [0.25, 0.3) is 0 Å². The second kappa shape index (κ2) is 8.44. The summed E-state index contributed by atoms with van der Waals surface area (Å²) in [4.78, 5) is 1.87. The normalized spacial score (nSPS) is 10.4. The zero-order valence-electron chi connectivity index (χ0n) is 13.3. The largest absolute Gasteiger partial charge is 0.497 e. The number of halogens is 2. The average molecular weight is 352 g/mol. The molecule has 0 saturated carbocycles. The van der Waals surface area contributed by atoms with Gasteiger partial charge >= 0.3 is 6.61 Å². The van der Waals surface area contributed by atoms with Gasteiger partial charge in [0, 0.05) is 19.3 Å². The number of methoxy groups -OCH3 is 1. The molecule has 7 heteroatoms. The molecule has 0 saturated heterocycles. The lowest BCUT2D eigenvalue weighted by atomic mass is 10.2. The number of anilines is 1. The highest BCUT2D eigenvalue weighted by Crippen LogP contribution is 2.18. The first-order valence-electron chi connectivity index (χ1n) is 7.18. The van der Waals surface area contributed by atoms with Gasteiger partial charge in [-0.2, -0.15) is 8.78 Å². The Morgan fingerprint density at radius 2 is 1.88 bits per heavy atom. The molecule has 24 heavy (non-hydrogen) atoms. The fraction of sp³-hybridized carbons (Fsp3) is 0.235. The van der Waals surface area contributed by atoms with Gasteiger partial charge < -0.3 is 19.7 Å². The van der Waals surface area contributed by atoms with Crippen LogP contribution in [0.1, 0.15) is 5.56 Å². The van der Waals surface area contributed by atoms with Crippen LogP contribution >= 0.6 is 12.2 Å². The number of alkyl halides is 2. The molecule has 0 amide bonds. The van der Waals surface area contributed by atoms with E-state index in [9.17, 15) is 8.78 Å². The van der Waals surface area contributed by atoms with Gasteiger partial charge in [0.15, 0.2) is 5.11 Å². The van der Waals surface area contributed by atoms with Crippen molar-refractivity contribution in [2.75, 3.05) is 19.5 Å². The molecule has 0 atom stereocenters. The summed E-state index contributed by atoms with van der Waals surface area (Å²) < 4.78 is 33.8. The highest BCUT2D eigenvalue weighted by molar-refractivity contribution is 7.80. The van der Waals surface area contributed by atoms with Crippen LogP contribution in [-0.2, 0) is 6.54 Å². The third-order valence-electron chi connectivity index (χ3n) is 3.23. The van der Waals surface area contributed by atoms with Crippen molar-refractivity contribution >= 4 is 23.0 Å². The van der Waals surface area contributed by atoms with Gasteiger partial charge in [0.05, 0.1) is 7.11 Å². The minimum Gasteiger partial charge on any atom is -0.497 e. The molecule has 0 fully saturated rings. The number of nitrogens with one attached hydrogen (secondary N) is 1. The van der Waals surface area contributed by atoms with Gasteiger partial charge in [-0.25, -0.2) is 0 Å². The quantitative estimate of drug-likeness (QED) is 0.791. The maximum absolute atomic E-state index is 12.1. The maximum Gasteiger partial charge on any atom is 0.387 e. The van der Waals surface area contributed by atoms with E-state index in [1.165, 1.54) is 12.1 Å². The van der Waals surface area contributed by atoms with Crippen molar-refractivity contribution in [2.45, 2.75) is 13.2 Å². The molecule has 0 unspecified atom stereocenters. The molecule has 0 aliphatic heterocycles. The Labute approximate surface area is 145 Å². The standard InChI is InChI=1S/C17H18F2N2O2S/c1-21(11-12-4-3-5-15(10-12)22-2)17(24)20-13-6-8-14(9-7-13)23-16(18)19/h3-10,16H,11H2,1-2H3,(H,20,24). The van der Waals surface area contributed by atoms with Crippen molar-refractivity contribution < 1.29 is 18.3 Å². The number of thiocarbonyl (C=S) groups is 1. The summed E-state index contributed by atoms with van der Waals surface area (Å²) in [5.41, 5.74) is 1.75. The fourth-order valence-electron chi connectivity index (χ4n) is 2.06. The summed E-state index contributed by atoms with van der Waals surface area (Å²) in [7, 11) is 3.49. The Morgan fingerprint density at radius 3 is 2.50 bits per heavy atom. The van der Waals surface area contributed by atoms with Crippen molar-refractivity contribution in [3.05, 3.63) is 54.1 Å². The number of hydrogen-bond donors (Lipinski definition) is 1. The Hall–Kier alpha value is -2.41. The lowest BCUT2D eigenvalue weighted by Crippen LogP contribution is -2.30. The molecule has 2 aromatic carbocycles. The molecule has 0 radical (unpaired) electrons. The summed E-state index contributed by atoms with van der Waals surface area (Å²) in [6.45, 7) is -2.23. The first-order chi connectivity index (χ1) is 11.5. The van der Waals surface area contributed by atoms with Crippen molar-refractivity contribution in [1.82, 2.24) is 4.90 Å². The summed E-state index contributed by atoms with van der Waals surface area (Å²) in [5.74, 6) is 0.889. The van der Waals surface area contributed by atoms with Crippen LogP contribution in [0.2, 0.25) is 0 Å². The third kappa shape index (κ3) is 5.34. The summed E-state index contributed by atoms with van der Waals surface area (Å²) in [5, 5.41) is 3.57. The van der Waals surface area contributed by atoms with Crippen molar-refractivity contribution in [3.8, 4) is 11.5 Å². The van der Waals surface area contributed by atoms with E-state index in [0.717, 1.165) is 11.3 Å². The first kappa shape index (κ1) is 17.9. The Morgan fingerprint density at radius 1 is 1.17 bits per heavy atom. The molecule has 0 heterocycles. The molecule has 0 bridgehead atoms. The minimum absolute atomic E-state index is 0.103. The fourth-order valence-corrected chi connectivity index (χ4v) is 2.24. The van der Waals surface area contributed by atoms with Crippen LogP contribution < -0.4 is 14.8 Å². The van der Waals surface area contributed by atoms with Crippen molar-refractivity contribution in [3.63, 3.8) is 0 Å². The third-order valence-corrected chi connectivity index (χ3v) is 3.65. The maximum atomic E-state index is 12.1. The van der Waals surface area contributed by atoms with E-state index in [1.807, 2.05) is 36.2 Å². The molecular formula is C17H18F2N2O2S. The predicted octanol–water partition coefficient (Wildman–Crippen LogP) is 4.13. The van der Waals surface area contributed by atoms with Crippen LogP contribution in [0.15, 0.2) is 48.5 Å². The number of ether oxygens (including phenoxy) is 2. The summed E-state index contributed by atoms with van der Waals surface area (Å²) in [6.07, 6.45) is 0. The Kier molecular flexibility index (Phi) is 6.31. The van der Waals surface area contributed by atoms with E-state index in [-0.39, 0.29) is 5.75 Å². The van der Waals surface area contributed by atoms with Crippen LogP contribution in [0.4, 0.5) is 14.5 Å². The van der Waals surface area contributed by atoms with Crippen molar-refractivity contribution in [2.24, 2.45) is 0 Å². The lowest BCUT2D eigenvalue weighted by molar-refractivity contribution is -0.0498. The first-order valence-corrected chi connectivity index (χ1v) is 7.58. The molecular weight excluding hydrogens is 334 g/mol. The number of hydrogen-bond acceptors (Lipinski definition) is 3. The Balaban J connectivity index is 1.93. The highest BCUT2D eigenvalue weighted by Gasteiger charge is 2.08. The van der Waals surface area contributed by atoms with E-state index in [2.05, 4.69) is 10.1 Å². The van der Waals surface area contributed by atoms with Crippen LogP contribution in [0.3, 0.4) is 0 Å². The molecule has 4 nitrogen and oxygen atoms in total. The van der Waals surface area contributed by atoms with Gasteiger partial charge in [0.1, 0.15) is 11.5 Å². The van der Waals surface area contributed by atoms with Gasteiger partial charge in [-0.15, -0.1) is 0 Å².